The van der Waals surface area contributed by atoms with E-state index in [1.165, 1.54) is 0 Å². The first-order chi connectivity index (χ1) is 8.29. The van der Waals surface area contributed by atoms with Crippen LogP contribution in [0.2, 0.25) is 0 Å². The van der Waals surface area contributed by atoms with Crippen LogP contribution in [0.15, 0.2) is 42.7 Å². The fraction of sp³-hybridized carbons (Fsp3) is 0.154. The molecule has 88 valence electrons. The van der Waals surface area contributed by atoms with Crippen molar-refractivity contribution in [2.75, 3.05) is 18.2 Å². The topological polar surface area (TPSA) is 60.2 Å². The number of anilines is 2. The lowest BCUT2D eigenvalue weighted by Gasteiger charge is -2.08. The Morgan fingerprint density at radius 3 is 2.65 bits per heavy atom. The molecule has 0 unspecified atom stereocenters. The van der Waals surface area contributed by atoms with Gasteiger partial charge in [-0.05, 0) is 23.8 Å². The first-order valence-corrected chi connectivity index (χ1v) is 5.36. The van der Waals surface area contributed by atoms with Crippen molar-refractivity contribution < 1.29 is 4.74 Å². The fourth-order valence-electron chi connectivity index (χ4n) is 1.49. The lowest BCUT2D eigenvalue weighted by atomic mass is 10.2. The van der Waals surface area contributed by atoms with E-state index in [1.54, 1.807) is 25.6 Å². The summed E-state index contributed by atoms with van der Waals surface area (Å²) in [5, 5.41) is 3.24. The highest BCUT2D eigenvalue weighted by Gasteiger charge is 1.98. The van der Waals surface area contributed by atoms with Gasteiger partial charge in [-0.2, -0.15) is 0 Å². The zero-order valence-electron chi connectivity index (χ0n) is 9.68. The van der Waals surface area contributed by atoms with Crippen LogP contribution in [0.4, 0.5) is 11.4 Å². The molecule has 0 aliphatic carbocycles. The molecular weight excluding hydrogens is 214 g/mol. The molecule has 0 saturated carbocycles. The fourth-order valence-corrected chi connectivity index (χ4v) is 1.49. The van der Waals surface area contributed by atoms with Crippen LogP contribution in [-0.4, -0.2) is 12.1 Å². The number of nitrogens with two attached hydrogens (primary N) is 1. The first kappa shape index (κ1) is 11.3. The van der Waals surface area contributed by atoms with Gasteiger partial charge in [-0.3, -0.25) is 4.98 Å². The van der Waals surface area contributed by atoms with Gasteiger partial charge in [0.05, 0.1) is 24.7 Å². The standard InChI is InChI=1S/C13H15N3O/c1-17-11-4-2-10(3-5-11)8-16-13-9-15-7-6-12(13)14/h2-7,9,16H,8H2,1H3,(H2,14,15). The van der Waals surface area contributed by atoms with Crippen molar-refractivity contribution in [1.82, 2.24) is 4.98 Å². The predicted molar refractivity (Wildman–Crippen MR) is 69.0 cm³/mol. The highest BCUT2D eigenvalue weighted by atomic mass is 16.5. The summed E-state index contributed by atoms with van der Waals surface area (Å²) in [4.78, 5) is 4.02. The molecule has 0 atom stereocenters. The quantitative estimate of drug-likeness (QED) is 0.844. The van der Waals surface area contributed by atoms with Crippen molar-refractivity contribution in [2.24, 2.45) is 0 Å². The average molecular weight is 229 g/mol. The number of ether oxygens (including phenoxy) is 1. The van der Waals surface area contributed by atoms with Gasteiger partial charge < -0.3 is 15.8 Å². The lowest BCUT2D eigenvalue weighted by Crippen LogP contribution is -2.02. The number of nitrogens with zero attached hydrogens (tertiary/aromatic N) is 1. The van der Waals surface area contributed by atoms with E-state index >= 15 is 0 Å². The third-order valence-electron chi connectivity index (χ3n) is 2.50. The molecule has 0 bridgehead atoms. The minimum atomic E-state index is 0.702. The molecule has 0 spiro atoms. The number of nitrogen functional groups attached to an aromatic ring is 1. The molecule has 1 aromatic heterocycles. The smallest absolute Gasteiger partial charge is 0.118 e. The largest absolute Gasteiger partial charge is 0.497 e. The Kier molecular flexibility index (Phi) is 3.45. The van der Waals surface area contributed by atoms with E-state index in [0.29, 0.717) is 12.2 Å². The maximum atomic E-state index is 5.81. The molecule has 0 aliphatic heterocycles. The van der Waals surface area contributed by atoms with Crippen LogP contribution < -0.4 is 15.8 Å². The molecule has 17 heavy (non-hydrogen) atoms. The molecule has 4 nitrogen and oxygen atoms in total. The summed E-state index contributed by atoms with van der Waals surface area (Å²) in [7, 11) is 1.66. The molecule has 0 aliphatic rings. The van der Waals surface area contributed by atoms with E-state index in [0.717, 1.165) is 17.0 Å². The van der Waals surface area contributed by atoms with Crippen molar-refractivity contribution in [3.05, 3.63) is 48.3 Å². The number of pyridine rings is 1. The lowest BCUT2D eigenvalue weighted by molar-refractivity contribution is 0.414. The van der Waals surface area contributed by atoms with Crippen molar-refractivity contribution in [1.29, 1.82) is 0 Å². The second kappa shape index (κ2) is 5.21. The monoisotopic (exact) mass is 229 g/mol. The Morgan fingerprint density at radius 1 is 1.24 bits per heavy atom. The summed E-state index contributed by atoms with van der Waals surface area (Å²) in [6, 6.07) is 9.67. The number of hydrogen-bond acceptors (Lipinski definition) is 4. The molecule has 1 heterocycles. The van der Waals surface area contributed by atoms with Crippen LogP contribution >= 0.6 is 0 Å². The molecular formula is C13H15N3O. The molecule has 0 saturated heterocycles. The van der Waals surface area contributed by atoms with Gasteiger partial charge in [-0.1, -0.05) is 12.1 Å². The van der Waals surface area contributed by atoms with Crippen molar-refractivity contribution in [3.8, 4) is 5.75 Å². The molecule has 0 amide bonds. The minimum absolute atomic E-state index is 0.702. The number of hydrogen-bond donors (Lipinski definition) is 2. The van der Waals surface area contributed by atoms with Crippen LogP contribution in [-0.2, 0) is 6.54 Å². The summed E-state index contributed by atoms with van der Waals surface area (Å²) < 4.78 is 5.10. The van der Waals surface area contributed by atoms with E-state index in [-0.39, 0.29) is 0 Å². The Balaban J connectivity index is 2.00. The maximum Gasteiger partial charge on any atom is 0.118 e. The van der Waals surface area contributed by atoms with Crippen LogP contribution in [0.25, 0.3) is 0 Å². The number of nitrogens with one attached hydrogen (secondary N) is 1. The summed E-state index contributed by atoms with van der Waals surface area (Å²) in [5.74, 6) is 0.856. The van der Waals surface area contributed by atoms with Gasteiger partial charge in [0.2, 0.25) is 0 Å². The highest BCUT2D eigenvalue weighted by molar-refractivity contribution is 5.64. The molecule has 4 heteroatoms. The van der Waals surface area contributed by atoms with Crippen molar-refractivity contribution >= 4 is 11.4 Å². The number of aromatic nitrogens is 1. The minimum Gasteiger partial charge on any atom is -0.497 e. The normalized spacial score (nSPS) is 9.94. The zero-order valence-corrected chi connectivity index (χ0v) is 9.68. The third kappa shape index (κ3) is 2.87. The van der Waals surface area contributed by atoms with E-state index in [2.05, 4.69) is 10.3 Å². The Bertz CT molecular complexity index is 482. The maximum absolute atomic E-state index is 5.81. The van der Waals surface area contributed by atoms with Gasteiger partial charge in [-0.15, -0.1) is 0 Å². The summed E-state index contributed by atoms with van der Waals surface area (Å²) in [6.07, 6.45) is 3.40. The van der Waals surface area contributed by atoms with E-state index in [1.807, 2.05) is 24.3 Å². The Morgan fingerprint density at radius 2 is 2.00 bits per heavy atom. The summed E-state index contributed by atoms with van der Waals surface area (Å²) in [6.45, 7) is 0.708. The predicted octanol–water partition coefficient (Wildman–Crippen LogP) is 2.28. The van der Waals surface area contributed by atoms with Crippen LogP contribution in [0.1, 0.15) is 5.56 Å². The zero-order chi connectivity index (χ0) is 12.1. The molecule has 0 radical (unpaired) electrons. The molecule has 1 aromatic carbocycles. The molecule has 2 aromatic rings. The number of methoxy groups -OCH3 is 1. The van der Waals surface area contributed by atoms with Crippen molar-refractivity contribution in [3.63, 3.8) is 0 Å². The summed E-state index contributed by atoms with van der Waals surface area (Å²) >= 11 is 0. The average Bonchev–Trinajstić information content (AvgIpc) is 2.38. The van der Waals surface area contributed by atoms with E-state index in [4.69, 9.17) is 10.5 Å². The second-order valence-electron chi connectivity index (χ2n) is 3.66. The van der Waals surface area contributed by atoms with E-state index < -0.39 is 0 Å². The Labute approximate surface area is 100 Å². The van der Waals surface area contributed by atoms with Gasteiger partial charge in [0.25, 0.3) is 0 Å². The SMILES string of the molecule is COc1ccc(CNc2cnccc2N)cc1. The molecule has 3 N–H and O–H groups in total. The van der Waals surface area contributed by atoms with Gasteiger partial charge in [0.1, 0.15) is 5.75 Å². The van der Waals surface area contributed by atoms with E-state index in [9.17, 15) is 0 Å². The van der Waals surface area contributed by atoms with Gasteiger partial charge >= 0.3 is 0 Å². The second-order valence-corrected chi connectivity index (χ2v) is 3.66. The van der Waals surface area contributed by atoms with Gasteiger partial charge in [0, 0.05) is 12.7 Å². The van der Waals surface area contributed by atoms with Gasteiger partial charge in [-0.25, -0.2) is 0 Å². The Hall–Kier alpha value is -2.23. The van der Waals surface area contributed by atoms with Gasteiger partial charge in [0.15, 0.2) is 0 Å². The number of benzene rings is 1. The number of rotatable bonds is 4. The van der Waals surface area contributed by atoms with Crippen LogP contribution in [0.5, 0.6) is 5.75 Å². The summed E-state index contributed by atoms with van der Waals surface area (Å²) in [5.41, 5.74) is 8.52. The highest BCUT2D eigenvalue weighted by Crippen LogP contribution is 2.17. The van der Waals surface area contributed by atoms with Crippen LogP contribution in [0, 0.1) is 0 Å². The third-order valence-corrected chi connectivity index (χ3v) is 2.50. The van der Waals surface area contributed by atoms with Crippen LogP contribution in [0.3, 0.4) is 0 Å². The molecule has 2 rings (SSSR count). The van der Waals surface area contributed by atoms with Crippen molar-refractivity contribution in [2.45, 2.75) is 6.54 Å². The molecule has 0 fully saturated rings. The first-order valence-electron chi connectivity index (χ1n) is 5.36.